The maximum absolute atomic E-state index is 10.2. The summed E-state index contributed by atoms with van der Waals surface area (Å²) in [4.78, 5) is 0. The van der Waals surface area contributed by atoms with Crippen molar-refractivity contribution in [1.82, 2.24) is 5.32 Å². The molecule has 2 N–H and O–H groups in total. The minimum Gasteiger partial charge on any atom is -0.388 e. The minimum atomic E-state index is -0.560. The third-order valence-corrected chi connectivity index (χ3v) is 4.98. The fourth-order valence-electron chi connectivity index (χ4n) is 1.85. The molecule has 1 unspecified atom stereocenters. The summed E-state index contributed by atoms with van der Waals surface area (Å²) in [7, 11) is 0. The Morgan fingerprint density at radius 2 is 2.24 bits per heavy atom. The van der Waals surface area contributed by atoms with Crippen molar-refractivity contribution in [3.8, 4) is 0 Å². The van der Waals surface area contributed by atoms with Gasteiger partial charge in [-0.1, -0.05) is 35.3 Å². The molecule has 1 aliphatic heterocycles. The summed E-state index contributed by atoms with van der Waals surface area (Å²) < 4.78 is 0. The van der Waals surface area contributed by atoms with E-state index in [1.54, 1.807) is 17.8 Å². The quantitative estimate of drug-likeness (QED) is 0.895. The van der Waals surface area contributed by atoms with E-state index in [4.69, 9.17) is 23.2 Å². The standard InChI is InChI=1S/C12H15Cl2NOS/c13-10-3-1-2-9(11(10)14)6-15-7-12(16)4-5-17-8-12/h1-3,15-16H,4-8H2. The third-order valence-electron chi connectivity index (χ3n) is 2.88. The van der Waals surface area contributed by atoms with Crippen molar-refractivity contribution in [2.24, 2.45) is 0 Å². The van der Waals surface area contributed by atoms with Crippen LogP contribution < -0.4 is 5.32 Å². The molecule has 1 atom stereocenters. The summed E-state index contributed by atoms with van der Waals surface area (Å²) in [5.74, 6) is 1.85. The van der Waals surface area contributed by atoms with Crippen LogP contribution in [0.4, 0.5) is 0 Å². The SMILES string of the molecule is OC1(CNCc2cccc(Cl)c2Cl)CCSC1. The Balaban J connectivity index is 1.88. The van der Waals surface area contributed by atoms with Crippen molar-refractivity contribution in [2.75, 3.05) is 18.1 Å². The number of thioether (sulfide) groups is 1. The second-order valence-electron chi connectivity index (χ2n) is 4.34. The number of aliphatic hydroxyl groups is 1. The largest absolute Gasteiger partial charge is 0.388 e. The van der Waals surface area contributed by atoms with E-state index in [-0.39, 0.29) is 0 Å². The Kier molecular flexibility index (Phi) is 4.61. The molecule has 0 spiro atoms. The van der Waals surface area contributed by atoms with Crippen molar-refractivity contribution < 1.29 is 5.11 Å². The van der Waals surface area contributed by atoms with Crippen LogP contribution in [0, 0.1) is 0 Å². The van der Waals surface area contributed by atoms with Crippen molar-refractivity contribution in [3.63, 3.8) is 0 Å². The molecule has 1 heterocycles. The highest BCUT2D eigenvalue weighted by Crippen LogP contribution is 2.28. The highest BCUT2D eigenvalue weighted by Gasteiger charge is 2.30. The van der Waals surface area contributed by atoms with E-state index in [1.165, 1.54) is 0 Å². The van der Waals surface area contributed by atoms with Gasteiger partial charge in [-0.05, 0) is 23.8 Å². The second kappa shape index (κ2) is 5.81. The molecule has 1 aromatic carbocycles. The molecule has 0 aromatic heterocycles. The zero-order valence-electron chi connectivity index (χ0n) is 9.38. The van der Waals surface area contributed by atoms with Gasteiger partial charge in [0.25, 0.3) is 0 Å². The number of benzene rings is 1. The van der Waals surface area contributed by atoms with Gasteiger partial charge in [-0.25, -0.2) is 0 Å². The Morgan fingerprint density at radius 1 is 1.41 bits per heavy atom. The lowest BCUT2D eigenvalue weighted by molar-refractivity contribution is 0.0675. The van der Waals surface area contributed by atoms with Gasteiger partial charge in [-0.2, -0.15) is 11.8 Å². The molecular formula is C12H15Cl2NOS. The van der Waals surface area contributed by atoms with Crippen LogP contribution in [-0.2, 0) is 6.54 Å². The van der Waals surface area contributed by atoms with Gasteiger partial charge in [0.15, 0.2) is 0 Å². The van der Waals surface area contributed by atoms with Crippen LogP contribution in [0.15, 0.2) is 18.2 Å². The zero-order chi connectivity index (χ0) is 12.3. The average Bonchev–Trinajstić information content (AvgIpc) is 2.72. The molecule has 1 aliphatic rings. The second-order valence-corrected chi connectivity index (χ2v) is 6.23. The summed E-state index contributed by atoms with van der Waals surface area (Å²) >= 11 is 13.8. The van der Waals surface area contributed by atoms with Gasteiger partial charge in [0.2, 0.25) is 0 Å². The van der Waals surface area contributed by atoms with Gasteiger partial charge >= 0.3 is 0 Å². The first-order valence-electron chi connectivity index (χ1n) is 5.54. The molecule has 94 valence electrons. The van der Waals surface area contributed by atoms with Gasteiger partial charge in [0.1, 0.15) is 0 Å². The number of hydrogen-bond donors (Lipinski definition) is 2. The Hall–Kier alpha value is 0.0700. The monoisotopic (exact) mass is 291 g/mol. The van der Waals surface area contributed by atoms with Crippen LogP contribution in [0.5, 0.6) is 0 Å². The zero-order valence-corrected chi connectivity index (χ0v) is 11.7. The number of halogens is 2. The summed E-state index contributed by atoms with van der Waals surface area (Å²) in [5.41, 5.74) is 0.406. The molecular weight excluding hydrogens is 277 g/mol. The fourth-order valence-corrected chi connectivity index (χ4v) is 3.53. The lowest BCUT2D eigenvalue weighted by Crippen LogP contribution is -2.40. The molecule has 1 aromatic rings. The number of hydrogen-bond acceptors (Lipinski definition) is 3. The predicted octanol–water partition coefficient (Wildman–Crippen LogP) is 2.95. The molecule has 0 bridgehead atoms. The number of nitrogens with one attached hydrogen (secondary N) is 1. The van der Waals surface area contributed by atoms with E-state index in [9.17, 15) is 5.11 Å². The van der Waals surface area contributed by atoms with E-state index < -0.39 is 5.60 Å². The molecule has 1 saturated heterocycles. The molecule has 2 rings (SSSR count). The van der Waals surface area contributed by atoms with Crippen LogP contribution in [0.1, 0.15) is 12.0 Å². The molecule has 17 heavy (non-hydrogen) atoms. The number of rotatable bonds is 4. The lowest BCUT2D eigenvalue weighted by atomic mass is 10.0. The van der Waals surface area contributed by atoms with Gasteiger partial charge in [0, 0.05) is 18.8 Å². The van der Waals surface area contributed by atoms with Crippen molar-refractivity contribution >= 4 is 35.0 Å². The van der Waals surface area contributed by atoms with E-state index in [0.717, 1.165) is 23.5 Å². The van der Waals surface area contributed by atoms with Gasteiger partial charge < -0.3 is 10.4 Å². The highest BCUT2D eigenvalue weighted by molar-refractivity contribution is 7.99. The molecule has 0 radical (unpaired) electrons. The summed E-state index contributed by atoms with van der Waals surface area (Å²) in [5, 5.41) is 14.6. The smallest absolute Gasteiger partial charge is 0.0869 e. The topological polar surface area (TPSA) is 32.3 Å². The van der Waals surface area contributed by atoms with E-state index in [1.807, 2.05) is 12.1 Å². The molecule has 0 saturated carbocycles. The average molecular weight is 292 g/mol. The first-order chi connectivity index (χ1) is 8.11. The Morgan fingerprint density at radius 3 is 2.94 bits per heavy atom. The highest BCUT2D eigenvalue weighted by atomic mass is 35.5. The van der Waals surface area contributed by atoms with Crippen LogP contribution in [0.2, 0.25) is 10.0 Å². The van der Waals surface area contributed by atoms with Crippen LogP contribution in [-0.4, -0.2) is 28.8 Å². The maximum Gasteiger partial charge on any atom is 0.0869 e. The normalized spacial score (nSPS) is 24.2. The van der Waals surface area contributed by atoms with Crippen LogP contribution >= 0.6 is 35.0 Å². The summed E-state index contributed by atoms with van der Waals surface area (Å²) in [6.45, 7) is 1.23. The van der Waals surface area contributed by atoms with Gasteiger partial charge in [-0.15, -0.1) is 0 Å². The van der Waals surface area contributed by atoms with Gasteiger partial charge in [-0.3, -0.25) is 0 Å². The molecule has 5 heteroatoms. The molecule has 2 nitrogen and oxygen atoms in total. The molecule has 0 amide bonds. The maximum atomic E-state index is 10.2. The molecule has 1 fully saturated rings. The van der Waals surface area contributed by atoms with Crippen molar-refractivity contribution in [1.29, 1.82) is 0 Å². The van der Waals surface area contributed by atoms with E-state index in [2.05, 4.69) is 5.32 Å². The van der Waals surface area contributed by atoms with Crippen LogP contribution in [0.25, 0.3) is 0 Å². The third kappa shape index (κ3) is 3.52. The van der Waals surface area contributed by atoms with E-state index in [0.29, 0.717) is 23.1 Å². The first-order valence-corrected chi connectivity index (χ1v) is 7.45. The van der Waals surface area contributed by atoms with Crippen molar-refractivity contribution in [2.45, 2.75) is 18.6 Å². The Labute approximate surface area is 116 Å². The predicted molar refractivity (Wildman–Crippen MR) is 75.1 cm³/mol. The molecule has 0 aliphatic carbocycles. The van der Waals surface area contributed by atoms with Gasteiger partial charge in [0.05, 0.1) is 15.6 Å². The first kappa shape index (κ1) is 13.5. The van der Waals surface area contributed by atoms with Crippen molar-refractivity contribution in [3.05, 3.63) is 33.8 Å². The lowest BCUT2D eigenvalue weighted by Gasteiger charge is -2.21. The summed E-state index contributed by atoms with van der Waals surface area (Å²) in [6.07, 6.45) is 0.855. The summed E-state index contributed by atoms with van der Waals surface area (Å²) in [6, 6.07) is 5.59. The van der Waals surface area contributed by atoms with E-state index >= 15 is 0 Å². The Bertz CT molecular complexity index is 394. The fraction of sp³-hybridized carbons (Fsp3) is 0.500. The van der Waals surface area contributed by atoms with Crippen LogP contribution in [0.3, 0.4) is 0 Å². The minimum absolute atomic E-state index is 0.560.